The van der Waals surface area contributed by atoms with E-state index in [0.717, 1.165) is 0 Å². The van der Waals surface area contributed by atoms with Gasteiger partial charge in [-0.3, -0.25) is 4.79 Å². The van der Waals surface area contributed by atoms with Gasteiger partial charge in [-0.25, -0.2) is 14.4 Å². The summed E-state index contributed by atoms with van der Waals surface area (Å²) in [5.74, 6) is -0.372. The second-order valence-electron chi connectivity index (χ2n) is 4.25. The van der Waals surface area contributed by atoms with Crippen molar-refractivity contribution in [1.29, 1.82) is 0 Å². The Bertz CT molecular complexity index is 630. The number of nitrogens with zero attached hydrogens (tertiary/aromatic N) is 2. The van der Waals surface area contributed by atoms with Gasteiger partial charge in [0.05, 0.1) is 16.9 Å². The van der Waals surface area contributed by atoms with Crippen LogP contribution in [0.3, 0.4) is 0 Å². The van der Waals surface area contributed by atoms with E-state index in [4.69, 9.17) is 5.73 Å². The maximum Gasteiger partial charge on any atom is 0.259 e. The van der Waals surface area contributed by atoms with Crippen LogP contribution in [0.5, 0.6) is 0 Å². The SMILES string of the molecule is Cc1ncc(C(=O)Nc2ccccc2F)c(CCN)n1. The first-order chi connectivity index (χ1) is 9.61. The highest BCUT2D eigenvalue weighted by atomic mass is 19.1. The van der Waals surface area contributed by atoms with E-state index in [9.17, 15) is 9.18 Å². The molecule has 0 saturated heterocycles. The molecule has 6 heteroatoms. The number of nitrogens with two attached hydrogens (primary N) is 1. The average Bonchev–Trinajstić information content (AvgIpc) is 2.42. The van der Waals surface area contributed by atoms with E-state index in [2.05, 4.69) is 15.3 Å². The maximum atomic E-state index is 13.5. The predicted molar refractivity (Wildman–Crippen MR) is 73.9 cm³/mol. The third-order valence-corrected chi connectivity index (χ3v) is 2.74. The summed E-state index contributed by atoms with van der Waals surface area (Å²) < 4.78 is 13.5. The largest absolute Gasteiger partial charge is 0.330 e. The molecule has 3 N–H and O–H groups in total. The number of aromatic nitrogens is 2. The van der Waals surface area contributed by atoms with Gasteiger partial charge in [0.25, 0.3) is 5.91 Å². The van der Waals surface area contributed by atoms with E-state index >= 15 is 0 Å². The van der Waals surface area contributed by atoms with Crippen LogP contribution in [0.4, 0.5) is 10.1 Å². The Balaban J connectivity index is 2.27. The van der Waals surface area contributed by atoms with Gasteiger partial charge < -0.3 is 11.1 Å². The number of amides is 1. The van der Waals surface area contributed by atoms with Crippen LogP contribution < -0.4 is 11.1 Å². The summed E-state index contributed by atoms with van der Waals surface area (Å²) in [4.78, 5) is 20.4. The van der Waals surface area contributed by atoms with Crippen LogP contribution in [-0.4, -0.2) is 22.4 Å². The number of hydrogen-bond acceptors (Lipinski definition) is 4. The topological polar surface area (TPSA) is 80.9 Å². The van der Waals surface area contributed by atoms with Crippen molar-refractivity contribution in [2.24, 2.45) is 5.73 Å². The number of halogens is 1. The summed E-state index contributed by atoms with van der Waals surface area (Å²) in [5.41, 5.74) is 6.50. The number of hydrogen-bond donors (Lipinski definition) is 2. The zero-order valence-electron chi connectivity index (χ0n) is 11.1. The molecular formula is C14H15FN4O. The molecule has 5 nitrogen and oxygen atoms in total. The summed E-state index contributed by atoms with van der Waals surface area (Å²) in [6, 6.07) is 5.97. The molecule has 0 saturated carbocycles. The highest BCUT2D eigenvalue weighted by molar-refractivity contribution is 6.04. The Morgan fingerprint density at radius 1 is 1.40 bits per heavy atom. The Morgan fingerprint density at radius 3 is 2.85 bits per heavy atom. The third-order valence-electron chi connectivity index (χ3n) is 2.74. The van der Waals surface area contributed by atoms with Crippen molar-refractivity contribution in [3.05, 3.63) is 53.4 Å². The molecule has 0 spiro atoms. The molecule has 0 bridgehead atoms. The van der Waals surface area contributed by atoms with Gasteiger partial charge in [0.1, 0.15) is 11.6 Å². The molecule has 1 aromatic carbocycles. The number of anilines is 1. The van der Waals surface area contributed by atoms with Gasteiger partial charge in [0, 0.05) is 12.6 Å². The highest BCUT2D eigenvalue weighted by Gasteiger charge is 2.15. The summed E-state index contributed by atoms with van der Waals surface area (Å²) >= 11 is 0. The lowest BCUT2D eigenvalue weighted by atomic mass is 10.1. The Hall–Kier alpha value is -2.34. The van der Waals surface area contributed by atoms with Gasteiger partial charge in [-0.15, -0.1) is 0 Å². The summed E-state index contributed by atoms with van der Waals surface area (Å²) in [5, 5.41) is 2.51. The summed E-state index contributed by atoms with van der Waals surface area (Å²) in [6.07, 6.45) is 1.90. The number of nitrogens with one attached hydrogen (secondary N) is 1. The molecule has 104 valence electrons. The molecular weight excluding hydrogens is 259 g/mol. The molecule has 1 aromatic heterocycles. The van der Waals surface area contributed by atoms with Crippen LogP contribution >= 0.6 is 0 Å². The Labute approximate surface area is 116 Å². The molecule has 2 rings (SSSR count). The minimum Gasteiger partial charge on any atom is -0.330 e. The van der Waals surface area contributed by atoms with Crippen molar-refractivity contribution in [2.75, 3.05) is 11.9 Å². The first-order valence-electron chi connectivity index (χ1n) is 6.20. The number of carbonyl (C=O) groups excluding carboxylic acids is 1. The van der Waals surface area contributed by atoms with Gasteiger partial charge in [-0.05, 0) is 25.6 Å². The van der Waals surface area contributed by atoms with Crippen molar-refractivity contribution in [3.8, 4) is 0 Å². The first-order valence-corrected chi connectivity index (χ1v) is 6.20. The van der Waals surface area contributed by atoms with Gasteiger partial charge in [-0.2, -0.15) is 0 Å². The zero-order valence-corrected chi connectivity index (χ0v) is 11.1. The van der Waals surface area contributed by atoms with E-state index in [-0.39, 0.29) is 5.69 Å². The molecule has 0 aliphatic rings. The lowest BCUT2D eigenvalue weighted by Crippen LogP contribution is -2.18. The molecule has 20 heavy (non-hydrogen) atoms. The van der Waals surface area contributed by atoms with Gasteiger partial charge in [0.2, 0.25) is 0 Å². The third kappa shape index (κ3) is 3.16. The quantitative estimate of drug-likeness (QED) is 0.888. The lowest BCUT2D eigenvalue weighted by Gasteiger charge is -2.09. The molecule has 0 radical (unpaired) electrons. The zero-order chi connectivity index (χ0) is 14.5. The van der Waals surface area contributed by atoms with Gasteiger partial charge in [-0.1, -0.05) is 12.1 Å². The minimum atomic E-state index is -0.491. The number of benzene rings is 1. The molecule has 2 aromatic rings. The van der Waals surface area contributed by atoms with E-state index in [1.54, 1.807) is 19.1 Å². The number of aryl methyl sites for hydroxylation is 1. The van der Waals surface area contributed by atoms with Crippen molar-refractivity contribution in [1.82, 2.24) is 9.97 Å². The fourth-order valence-electron chi connectivity index (χ4n) is 1.79. The fraction of sp³-hybridized carbons (Fsp3) is 0.214. The van der Waals surface area contributed by atoms with E-state index in [0.29, 0.717) is 30.0 Å². The van der Waals surface area contributed by atoms with Crippen LogP contribution in [-0.2, 0) is 6.42 Å². The average molecular weight is 274 g/mol. The molecule has 0 unspecified atom stereocenters. The smallest absolute Gasteiger partial charge is 0.259 e. The predicted octanol–water partition coefficient (Wildman–Crippen LogP) is 1.68. The molecule has 0 fully saturated rings. The molecule has 1 heterocycles. The first kappa shape index (κ1) is 14.1. The van der Waals surface area contributed by atoms with Crippen LogP contribution in [0.15, 0.2) is 30.5 Å². The van der Waals surface area contributed by atoms with Crippen molar-refractivity contribution in [3.63, 3.8) is 0 Å². The molecule has 0 aliphatic heterocycles. The van der Waals surface area contributed by atoms with Crippen LogP contribution in [0.25, 0.3) is 0 Å². The highest BCUT2D eigenvalue weighted by Crippen LogP contribution is 2.15. The van der Waals surface area contributed by atoms with Crippen LogP contribution in [0.1, 0.15) is 21.9 Å². The van der Waals surface area contributed by atoms with E-state index < -0.39 is 11.7 Å². The van der Waals surface area contributed by atoms with E-state index in [1.165, 1.54) is 18.3 Å². The monoisotopic (exact) mass is 274 g/mol. The van der Waals surface area contributed by atoms with Crippen molar-refractivity contribution >= 4 is 11.6 Å². The molecule has 0 aliphatic carbocycles. The van der Waals surface area contributed by atoms with Crippen molar-refractivity contribution in [2.45, 2.75) is 13.3 Å². The maximum absolute atomic E-state index is 13.5. The molecule has 0 atom stereocenters. The number of rotatable bonds is 4. The Morgan fingerprint density at radius 2 is 2.15 bits per heavy atom. The Kier molecular flexibility index (Phi) is 4.37. The normalized spacial score (nSPS) is 10.3. The summed E-state index contributed by atoms with van der Waals surface area (Å²) in [6.45, 7) is 2.11. The number of para-hydroxylation sites is 1. The fourth-order valence-corrected chi connectivity index (χ4v) is 1.79. The number of carbonyl (C=O) groups is 1. The van der Waals surface area contributed by atoms with Gasteiger partial charge in [0.15, 0.2) is 0 Å². The van der Waals surface area contributed by atoms with Crippen LogP contribution in [0, 0.1) is 12.7 Å². The van der Waals surface area contributed by atoms with Gasteiger partial charge >= 0.3 is 0 Å². The van der Waals surface area contributed by atoms with Crippen molar-refractivity contribution < 1.29 is 9.18 Å². The second-order valence-corrected chi connectivity index (χ2v) is 4.25. The second kappa shape index (κ2) is 6.21. The summed E-state index contributed by atoms with van der Waals surface area (Å²) in [7, 11) is 0. The standard InChI is InChI=1S/C14H15FN4O/c1-9-17-8-10(12(18-9)6-7-16)14(20)19-13-5-3-2-4-11(13)15/h2-5,8H,6-7,16H2,1H3,(H,19,20). The van der Waals surface area contributed by atoms with E-state index in [1.807, 2.05) is 0 Å². The van der Waals surface area contributed by atoms with Crippen LogP contribution in [0.2, 0.25) is 0 Å². The lowest BCUT2D eigenvalue weighted by molar-refractivity contribution is 0.102. The molecule has 1 amide bonds. The minimum absolute atomic E-state index is 0.122.